The molecule has 0 heterocycles. The van der Waals surface area contributed by atoms with Gasteiger partial charge < -0.3 is 26.8 Å². The molecule has 0 aliphatic heterocycles. The molecule has 6 N–H and O–H groups in total. The van der Waals surface area contributed by atoms with Gasteiger partial charge >= 0.3 is 5.97 Å². The van der Waals surface area contributed by atoms with E-state index in [1.54, 1.807) is 0 Å². The molecule has 7 heteroatoms. The van der Waals surface area contributed by atoms with Crippen LogP contribution in [0, 0.1) is 0 Å². The summed E-state index contributed by atoms with van der Waals surface area (Å²) < 4.78 is 5.44. The van der Waals surface area contributed by atoms with E-state index < -0.39 is 6.04 Å². The Kier molecular flexibility index (Phi) is 9.82. The van der Waals surface area contributed by atoms with Gasteiger partial charge in [0.15, 0.2) is 0 Å². The molecule has 134 valence electrons. The molecule has 0 radical (unpaired) electrons. The molecule has 1 rings (SSSR count). The topological polar surface area (TPSA) is 119 Å². The Morgan fingerprint density at radius 3 is 2.52 bits per heavy atom. The van der Waals surface area contributed by atoms with Crippen LogP contribution in [0.25, 0.3) is 0 Å². The van der Waals surface area contributed by atoms with Crippen molar-refractivity contribution in [2.75, 3.05) is 20.1 Å². The zero-order valence-electron chi connectivity index (χ0n) is 14.2. The van der Waals surface area contributed by atoms with Crippen molar-refractivity contribution in [3.05, 3.63) is 0 Å². The second kappa shape index (κ2) is 11.4. The molecule has 1 saturated carbocycles. The van der Waals surface area contributed by atoms with Gasteiger partial charge in [-0.3, -0.25) is 9.59 Å². The van der Waals surface area contributed by atoms with Crippen molar-refractivity contribution in [2.45, 2.75) is 69.6 Å². The molecule has 7 nitrogen and oxygen atoms in total. The Balaban J connectivity index is 2.10. The molecule has 0 aromatic rings. The van der Waals surface area contributed by atoms with E-state index in [9.17, 15) is 9.59 Å². The number of carbonyl (C=O) groups is 2. The summed E-state index contributed by atoms with van der Waals surface area (Å²) in [4.78, 5) is 23.5. The third-order valence-electron chi connectivity index (χ3n) is 4.31. The lowest BCUT2D eigenvalue weighted by molar-refractivity contribution is -0.150. The van der Waals surface area contributed by atoms with Gasteiger partial charge in [-0.05, 0) is 52.1 Å². The lowest BCUT2D eigenvalue weighted by Gasteiger charge is -2.28. The summed E-state index contributed by atoms with van der Waals surface area (Å²) in [5.74, 6) is -0.473. The predicted octanol–water partition coefficient (Wildman–Crippen LogP) is 0.0228. The molecule has 0 saturated heterocycles. The number of ether oxygens (including phenoxy) is 1. The van der Waals surface area contributed by atoms with Crippen molar-refractivity contribution in [2.24, 2.45) is 11.5 Å². The van der Waals surface area contributed by atoms with Crippen molar-refractivity contribution in [3.8, 4) is 0 Å². The van der Waals surface area contributed by atoms with Crippen LogP contribution < -0.4 is 22.1 Å². The molecular formula is C16H32N4O3. The number of nitrogens with two attached hydrogens (primary N) is 2. The molecule has 0 spiro atoms. The van der Waals surface area contributed by atoms with Gasteiger partial charge in [0.2, 0.25) is 5.91 Å². The lowest BCUT2D eigenvalue weighted by atomic mass is 9.93. The summed E-state index contributed by atoms with van der Waals surface area (Å²) in [7, 11) is 1.96. The van der Waals surface area contributed by atoms with Crippen LogP contribution in [0.1, 0.15) is 51.4 Å². The zero-order valence-corrected chi connectivity index (χ0v) is 14.2. The standard InChI is InChI=1S/C16H32N4O3/c1-19-12-5-7-13(8-6-12)23-15(21)9-11-20-16(22)14(18)4-2-3-10-17/h12-14,19H,2-11,17-18H2,1H3,(H,20,22)/t12?,13?,14-/m0/s1. The van der Waals surface area contributed by atoms with Crippen LogP contribution >= 0.6 is 0 Å². The minimum absolute atomic E-state index is 0.0151. The highest BCUT2D eigenvalue weighted by molar-refractivity contribution is 5.81. The summed E-state index contributed by atoms with van der Waals surface area (Å²) in [5, 5.41) is 5.93. The van der Waals surface area contributed by atoms with Gasteiger partial charge in [0.25, 0.3) is 0 Å². The largest absolute Gasteiger partial charge is 0.462 e. The predicted molar refractivity (Wildman–Crippen MR) is 89.7 cm³/mol. The van der Waals surface area contributed by atoms with Crippen LogP contribution in [0.15, 0.2) is 0 Å². The van der Waals surface area contributed by atoms with Gasteiger partial charge in [-0.15, -0.1) is 0 Å². The monoisotopic (exact) mass is 328 g/mol. The normalized spacial score (nSPS) is 22.4. The summed E-state index contributed by atoms with van der Waals surface area (Å²) in [6, 6.07) is -0.000564. The van der Waals surface area contributed by atoms with Gasteiger partial charge in [0.1, 0.15) is 6.10 Å². The number of hydrogen-bond acceptors (Lipinski definition) is 6. The average molecular weight is 328 g/mol. The summed E-state index contributed by atoms with van der Waals surface area (Å²) in [5.41, 5.74) is 11.2. The zero-order chi connectivity index (χ0) is 17.1. The minimum Gasteiger partial charge on any atom is -0.462 e. The quantitative estimate of drug-likeness (QED) is 0.332. The SMILES string of the molecule is CNC1CCC(OC(=O)CCNC(=O)[C@@H](N)CCCCN)CC1. The van der Waals surface area contributed by atoms with E-state index in [0.717, 1.165) is 38.5 Å². The van der Waals surface area contributed by atoms with E-state index in [2.05, 4.69) is 10.6 Å². The number of unbranched alkanes of at least 4 members (excludes halogenated alkanes) is 1. The summed E-state index contributed by atoms with van der Waals surface area (Å²) in [6.07, 6.45) is 6.37. The third kappa shape index (κ3) is 8.29. The maximum Gasteiger partial charge on any atom is 0.307 e. The van der Waals surface area contributed by atoms with E-state index in [1.807, 2.05) is 7.05 Å². The number of rotatable bonds is 10. The van der Waals surface area contributed by atoms with Gasteiger partial charge in [-0.2, -0.15) is 0 Å². The number of amides is 1. The molecule has 1 aliphatic rings. The summed E-state index contributed by atoms with van der Waals surface area (Å²) in [6.45, 7) is 0.879. The van der Waals surface area contributed by atoms with E-state index in [0.29, 0.717) is 19.0 Å². The molecule has 1 atom stereocenters. The van der Waals surface area contributed by atoms with Crippen molar-refractivity contribution in [3.63, 3.8) is 0 Å². The Labute approximate surface area is 138 Å². The first-order valence-corrected chi connectivity index (χ1v) is 8.67. The lowest BCUT2D eigenvalue weighted by Crippen LogP contribution is -2.41. The van der Waals surface area contributed by atoms with Crippen molar-refractivity contribution < 1.29 is 14.3 Å². The second-order valence-electron chi connectivity index (χ2n) is 6.18. The van der Waals surface area contributed by atoms with Crippen LogP contribution in [0.2, 0.25) is 0 Å². The highest BCUT2D eigenvalue weighted by Gasteiger charge is 2.22. The molecule has 0 bridgehead atoms. The van der Waals surface area contributed by atoms with Crippen LogP contribution in [0.3, 0.4) is 0 Å². The van der Waals surface area contributed by atoms with Crippen LogP contribution in [-0.2, 0) is 14.3 Å². The van der Waals surface area contributed by atoms with E-state index in [1.165, 1.54) is 0 Å². The van der Waals surface area contributed by atoms with Crippen molar-refractivity contribution in [1.82, 2.24) is 10.6 Å². The third-order valence-corrected chi connectivity index (χ3v) is 4.31. The van der Waals surface area contributed by atoms with E-state index in [-0.39, 0.29) is 30.9 Å². The molecular weight excluding hydrogens is 296 g/mol. The Morgan fingerprint density at radius 2 is 1.91 bits per heavy atom. The van der Waals surface area contributed by atoms with Crippen LogP contribution in [0.4, 0.5) is 0 Å². The molecule has 0 aromatic carbocycles. The molecule has 0 aromatic heterocycles. The second-order valence-corrected chi connectivity index (χ2v) is 6.18. The minimum atomic E-state index is -0.533. The number of carbonyl (C=O) groups excluding carboxylic acids is 2. The molecule has 23 heavy (non-hydrogen) atoms. The van der Waals surface area contributed by atoms with Crippen molar-refractivity contribution in [1.29, 1.82) is 0 Å². The summed E-state index contributed by atoms with van der Waals surface area (Å²) >= 11 is 0. The molecule has 1 fully saturated rings. The fourth-order valence-electron chi connectivity index (χ4n) is 2.77. The Bertz CT molecular complexity index is 357. The first kappa shape index (κ1) is 19.9. The maximum absolute atomic E-state index is 11.8. The highest BCUT2D eigenvalue weighted by atomic mass is 16.5. The number of esters is 1. The molecule has 0 unspecified atom stereocenters. The number of hydrogen-bond donors (Lipinski definition) is 4. The van der Waals surface area contributed by atoms with Gasteiger partial charge in [-0.1, -0.05) is 6.42 Å². The number of nitrogens with one attached hydrogen (secondary N) is 2. The first-order chi connectivity index (χ1) is 11.1. The maximum atomic E-state index is 11.8. The van der Waals surface area contributed by atoms with Crippen molar-refractivity contribution >= 4 is 11.9 Å². The van der Waals surface area contributed by atoms with Gasteiger partial charge in [0.05, 0.1) is 12.5 Å². The van der Waals surface area contributed by atoms with Crippen LogP contribution in [-0.4, -0.2) is 50.2 Å². The van der Waals surface area contributed by atoms with E-state index >= 15 is 0 Å². The van der Waals surface area contributed by atoms with Gasteiger partial charge in [-0.25, -0.2) is 0 Å². The highest BCUT2D eigenvalue weighted by Crippen LogP contribution is 2.21. The van der Waals surface area contributed by atoms with E-state index in [4.69, 9.17) is 16.2 Å². The average Bonchev–Trinajstić information content (AvgIpc) is 2.55. The van der Waals surface area contributed by atoms with Gasteiger partial charge in [0, 0.05) is 12.6 Å². The smallest absolute Gasteiger partial charge is 0.307 e. The molecule has 1 amide bonds. The first-order valence-electron chi connectivity index (χ1n) is 8.67. The Morgan fingerprint density at radius 1 is 1.22 bits per heavy atom. The van der Waals surface area contributed by atoms with Crippen LogP contribution in [0.5, 0.6) is 0 Å². The fraction of sp³-hybridized carbons (Fsp3) is 0.875. The fourth-order valence-corrected chi connectivity index (χ4v) is 2.77. The Hall–Kier alpha value is -1.18. The molecule has 1 aliphatic carbocycles.